The number of hydrogen-bond acceptors (Lipinski definition) is 34. The molecule has 2 bridgehead atoms. The quantitative estimate of drug-likeness (QED) is 0.0409. The molecule has 646 valence electrons. The van der Waals surface area contributed by atoms with Gasteiger partial charge in [-0.15, -0.1) is 0 Å². The highest BCUT2D eigenvalue weighted by molar-refractivity contribution is 5.96. The third-order valence-corrected chi connectivity index (χ3v) is 18.9. The number of benzene rings is 1. The zero-order chi connectivity index (χ0) is 86.0. The van der Waals surface area contributed by atoms with E-state index >= 15 is 0 Å². The van der Waals surface area contributed by atoms with Gasteiger partial charge >= 0.3 is 17.9 Å². The molecule has 36 heteroatoms. The molecular formula is C79H119N5O31. The normalized spacial score (nSPS) is 33.0. The van der Waals surface area contributed by atoms with Gasteiger partial charge in [0.2, 0.25) is 23.3 Å². The third-order valence-electron chi connectivity index (χ3n) is 18.9. The maximum atomic E-state index is 14.0. The fourth-order valence-corrected chi connectivity index (χ4v) is 12.9. The summed E-state index contributed by atoms with van der Waals surface area (Å²) in [6, 6.07) is 5.68. The van der Waals surface area contributed by atoms with E-state index in [9.17, 15) is 84.6 Å². The molecular weight excluding hydrogens is 1510 g/mol. The average molecular weight is 1630 g/mol. The van der Waals surface area contributed by atoms with E-state index in [1.165, 1.54) is 6.92 Å². The van der Waals surface area contributed by atoms with Crippen molar-refractivity contribution in [2.75, 3.05) is 73.4 Å². The Morgan fingerprint density at radius 2 is 1.14 bits per heavy atom. The van der Waals surface area contributed by atoms with Gasteiger partial charge in [-0.25, -0.2) is 9.59 Å². The Labute approximate surface area is 667 Å². The lowest BCUT2D eigenvalue weighted by Crippen LogP contribution is -2.64. The number of amides is 2. The number of anilines is 1. The van der Waals surface area contributed by atoms with Crippen LogP contribution in [0.15, 0.2) is 132 Å². The molecule has 0 aliphatic carbocycles. The molecule has 0 saturated carbocycles. The van der Waals surface area contributed by atoms with Gasteiger partial charge in [0.25, 0.3) is 0 Å². The molecule has 2 saturated heterocycles. The van der Waals surface area contributed by atoms with Crippen molar-refractivity contribution in [3.05, 3.63) is 138 Å². The van der Waals surface area contributed by atoms with Gasteiger partial charge in [-0.1, -0.05) is 98.9 Å². The van der Waals surface area contributed by atoms with Crippen LogP contribution in [0.4, 0.5) is 5.69 Å². The Morgan fingerprint density at radius 1 is 0.626 bits per heavy atom. The van der Waals surface area contributed by atoms with Crippen LogP contribution in [-0.4, -0.2) is 333 Å². The SMILES string of the molecule is CNc1ccc(C(=O)CC(O)CC[C@H](C)[C@H]2OC(=O)C[C@H](O)CC(=O)C[C@H](O)C[C@H](O)C[C@H](O)C[C@H](O)C[C@]3(O)C[C@H](O)[C@@H](C(=O)NCCN(C)C)[C@H](C[C@@H](O[C@@H]4O[C@H](C)[C@@H](O)[C@H](NC(=O)CN(C)C)[C@@H]4O)/C=C/C=C/C=C/C=C/C=C/C=C/C=C\[C@@H]2C)O3)cc1.O=C1O[C@H]([C@@H](O)CO)C(O)=C1O.O=C1O[C@H]([C@@H](O)CO)C(O)=C1O. The maximum Gasteiger partial charge on any atom is 0.377 e. The first-order valence-corrected chi connectivity index (χ1v) is 37.9. The van der Waals surface area contributed by atoms with Crippen LogP contribution in [-0.2, 0) is 57.2 Å². The number of likely N-dealkylation sites (N-methyl/N-ethyl adjacent to an activating group) is 2. The Balaban J connectivity index is 0.000000979. The number of cyclic esters (lactones) is 3. The Bertz CT molecular complexity index is 3480. The minimum atomic E-state index is -2.32. The largest absolute Gasteiger partial charge is 0.505 e. The highest BCUT2D eigenvalue weighted by Gasteiger charge is 2.52. The summed E-state index contributed by atoms with van der Waals surface area (Å²) < 4.78 is 33.3. The molecule has 0 radical (unpaired) electrons. The first-order chi connectivity index (χ1) is 54.2. The van der Waals surface area contributed by atoms with Crippen LogP contribution < -0.4 is 16.0 Å². The molecule has 21 N–H and O–H groups in total. The summed E-state index contributed by atoms with van der Waals surface area (Å²) in [5, 5.41) is 191. The second kappa shape index (κ2) is 49.8. The molecule has 1 aromatic rings. The zero-order valence-corrected chi connectivity index (χ0v) is 65.9. The number of rotatable bonds is 21. The zero-order valence-electron chi connectivity index (χ0n) is 65.9. The third kappa shape index (κ3) is 34.1. The monoisotopic (exact) mass is 1630 g/mol. The average Bonchev–Trinajstić information content (AvgIpc) is 1.77. The number of carbonyl (C=O) groups is 7. The van der Waals surface area contributed by atoms with Crippen molar-refractivity contribution in [2.24, 2.45) is 17.8 Å². The Morgan fingerprint density at radius 3 is 1.64 bits per heavy atom. The molecule has 1 aromatic carbocycles. The number of aliphatic hydroxyl groups excluding tert-OH is 17. The van der Waals surface area contributed by atoms with Gasteiger partial charge in [-0.2, -0.15) is 0 Å². The molecule has 115 heavy (non-hydrogen) atoms. The Kier molecular flexibility index (Phi) is 42.9. The lowest BCUT2D eigenvalue weighted by Gasteiger charge is -2.46. The van der Waals surface area contributed by atoms with Gasteiger partial charge in [0.1, 0.15) is 36.3 Å². The van der Waals surface area contributed by atoms with Gasteiger partial charge in [0.15, 0.2) is 41.6 Å². The topological polar surface area (TPSA) is 582 Å². The van der Waals surface area contributed by atoms with E-state index in [4.69, 9.17) is 59.8 Å². The predicted molar refractivity (Wildman–Crippen MR) is 412 cm³/mol. The molecule has 1 unspecified atom stereocenters. The number of ether oxygens (including phenoxy) is 6. The summed E-state index contributed by atoms with van der Waals surface area (Å²) in [5.41, 5.74) is 1.30. The second-order valence-electron chi connectivity index (χ2n) is 29.5. The first-order valence-electron chi connectivity index (χ1n) is 37.9. The van der Waals surface area contributed by atoms with Crippen molar-refractivity contribution in [2.45, 2.75) is 220 Å². The van der Waals surface area contributed by atoms with Crippen LogP contribution in [0.2, 0.25) is 0 Å². The predicted octanol–water partition coefficient (Wildman–Crippen LogP) is -0.757. The van der Waals surface area contributed by atoms with Gasteiger partial charge in [-0.3, -0.25) is 24.0 Å². The molecule has 2 fully saturated rings. The van der Waals surface area contributed by atoms with E-state index in [1.807, 2.05) is 38.9 Å². The van der Waals surface area contributed by atoms with E-state index in [0.29, 0.717) is 18.5 Å². The smallest absolute Gasteiger partial charge is 0.377 e. The minimum absolute atomic E-state index is 0.0513. The molecule has 0 aromatic heterocycles. The fourth-order valence-electron chi connectivity index (χ4n) is 12.9. The molecule has 2 amide bonds. The van der Waals surface area contributed by atoms with Crippen LogP contribution in [0, 0.1) is 17.8 Å². The van der Waals surface area contributed by atoms with Gasteiger partial charge in [0.05, 0.1) is 99.2 Å². The second-order valence-corrected chi connectivity index (χ2v) is 29.5. The number of aliphatic hydroxyl groups is 18. The van der Waals surface area contributed by atoms with Crippen molar-refractivity contribution in [3.8, 4) is 0 Å². The van der Waals surface area contributed by atoms with E-state index in [-0.39, 0.29) is 50.0 Å². The number of nitrogens with one attached hydrogen (secondary N) is 3. The van der Waals surface area contributed by atoms with Gasteiger partial charge in [-0.05, 0) is 97.4 Å². The highest BCUT2D eigenvalue weighted by Crippen LogP contribution is 2.39. The van der Waals surface area contributed by atoms with Crippen molar-refractivity contribution in [1.82, 2.24) is 20.4 Å². The van der Waals surface area contributed by atoms with Gasteiger partial charge in [0, 0.05) is 75.8 Å². The summed E-state index contributed by atoms with van der Waals surface area (Å²) in [6.07, 6.45) is -3.37. The van der Waals surface area contributed by atoms with E-state index in [2.05, 4.69) is 25.4 Å². The lowest BCUT2D eigenvalue weighted by molar-refractivity contribution is -0.307. The number of nitrogens with zero attached hydrogens (tertiary/aromatic N) is 2. The van der Waals surface area contributed by atoms with Crippen LogP contribution >= 0.6 is 0 Å². The number of hydrogen-bond donors (Lipinski definition) is 21. The summed E-state index contributed by atoms with van der Waals surface area (Å²) in [7, 11) is 8.75. The molecule has 36 nitrogen and oxygen atoms in total. The van der Waals surface area contributed by atoms with Crippen LogP contribution in [0.25, 0.3) is 0 Å². The van der Waals surface area contributed by atoms with E-state index in [1.54, 1.807) is 129 Å². The summed E-state index contributed by atoms with van der Waals surface area (Å²) in [6.45, 7) is 4.47. The molecule has 5 aliphatic rings. The summed E-state index contributed by atoms with van der Waals surface area (Å²) in [4.78, 5) is 90.9. The molecule has 23 atom stereocenters. The van der Waals surface area contributed by atoms with Crippen molar-refractivity contribution >= 4 is 47.0 Å². The molecule has 5 aliphatic heterocycles. The standard InChI is InChI=1S/C67H103N5O19.2C6H8O6/c1-42-21-19-17-15-13-11-9-10-12-14-16-18-20-22-54(89-66-63(85)61(62(84)44(3)88-66)70-58(82)41-72(7)8)38-57-60(65(86)69-29-30-71(5)6)56(81)40-67(87,91-57)39-53(79)35-51(77)33-49(75)31-48(74)32-50(76)34-52(78)37-59(83)90-64(42)43(2)23-28-47(73)36-55(80)45-24-26-46(68-4)27-25-45;2*7-1-2(8)5-3(9)4(10)6(11)12-5/h9-22,24-27,42-44,47-49,51-54,56-57,60-64,66,68,73-75,77-79,81,84-85,87H,23,28-41H2,1-8H3,(H,69,86)(H,70,82);2*2,5,7-10H,1H2/b10-9+,13-11+,14-12+,17-15+,18-16+,21-19-,22-20+;;/t42-,43-,44+,47?,48+,49-,51-,52+,53-,54-,56-,57-,60+,61-,62+,63-,64-,66-,67+;2*2-,5+/m000/s1. The summed E-state index contributed by atoms with van der Waals surface area (Å²) in [5.74, 6) is -12.7. The van der Waals surface area contributed by atoms with Crippen LogP contribution in [0.5, 0.6) is 0 Å². The van der Waals surface area contributed by atoms with Crippen molar-refractivity contribution in [3.63, 3.8) is 0 Å². The van der Waals surface area contributed by atoms with Crippen molar-refractivity contribution in [1.29, 1.82) is 0 Å². The molecule has 6 rings (SSSR count). The first kappa shape index (κ1) is 99.2. The Hall–Kier alpha value is -8.19. The highest BCUT2D eigenvalue weighted by atomic mass is 16.7. The fraction of sp³-hybridized carbons (Fsp3) is 0.608. The van der Waals surface area contributed by atoms with E-state index < -0.39 is 251 Å². The number of allylic oxidation sites excluding steroid dienone is 12. The van der Waals surface area contributed by atoms with Crippen molar-refractivity contribution < 1.29 is 154 Å². The minimum Gasteiger partial charge on any atom is -0.505 e. The number of esters is 3. The maximum absolute atomic E-state index is 14.0. The lowest BCUT2D eigenvalue weighted by atomic mass is 9.82. The van der Waals surface area contributed by atoms with Crippen LogP contribution in [0.3, 0.4) is 0 Å². The molecule has 5 heterocycles. The van der Waals surface area contributed by atoms with Crippen LogP contribution in [0.1, 0.15) is 108 Å². The van der Waals surface area contributed by atoms with Gasteiger partial charge < -0.3 is 146 Å². The molecule has 0 spiro atoms. The number of ketones is 2. The number of carbonyl (C=O) groups excluding carboxylic acids is 7. The summed E-state index contributed by atoms with van der Waals surface area (Å²) >= 11 is 0. The van der Waals surface area contributed by atoms with E-state index in [0.717, 1.165) is 5.69 Å². The number of fused-ring (bicyclic) bond motifs is 2. The number of Topliss-reactive ketones (excluding diaryl/α,β-unsaturated/α-hetero) is 2.